The van der Waals surface area contributed by atoms with E-state index in [0.717, 1.165) is 0 Å². The highest BCUT2D eigenvalue weighted by Gasteiger charge is 2.21. The van der Waals surface area contributed by atoms with Crippen LogP contribution in [0.3, 0.4) is 0 Å². The second-order valence-electron chi connectivity index (χ2n) is 2.56. The molecule has 2 heteroatoms. The fraction of sp³-hybridized carbons (Fsp3) is 0.333. The molecule has 1 aromatic carbocycles. The Morgan fingerprint density at radius 1 is 1.45 bits per heavy atom. The number of anilines is 1. The third kappa shape index (κ3) is 1.10. The van der Waals surface area contributed by atoms with Crippen molar-refractivity contribution in [2.24, 2.45) is 0 Å². The highest BCUT2D eigenvalue weighted by Crippen LogP contribution is 2.27. The molecule has 1 heterocycles. The van der Waals surface area contributed by atoms with Crippen LogP contribution in [0.15, 0.2) is 24.2 Å². The maximum atomic E-state index is 7.71. The molecule has 1 aliphatic heterocycles. The maximum absolute atomic E-state index is 7.71. The first-order valence-corrected chi connectivity index (χ1v) is 3.47. The summed E-state index contributed by atoms with van der Waals surface area (Å²) >= 11 is 0. The molecule has 1 fully saturated rings. The minimum Gasteiger partial charge on any atom is -0.398 e. The number of nitrogens with two attached hydrogens (primary N) is 1. The van der Waals surface area contributed by atoms with Crippen molar-refractivity contribution in [3.63, 3.8) is 0 Å². The maximum Gasteiger partial charge on any atom is 0.0645 e. The van der Waals surface area contributed by atoms with E-state index in [1.54, 1.807) is 0 Å². The lowest BCUT2D eigenvalue weighted by Gasteiger charge is -2.27. The van der Waals surface area contributed by atoms with Gasteiger partial charge in [0.2, 0.25) is 0 Å². The van der Waals surface area contributed by atoms with Gasteiger partial charge in [-0.2, -0.15) is 0 Å². The van der Waals surface area contributed by atoms with E-state index < -0.39 is 0 Å². The summed E-state index contributed by atoms with van der Waals surface area (Å²) in [5.74, 6) is 0.00583. The van der Waals surface area contributed by atoms with E-state index in [0.29, 0.717) is 18.8 Å². The van der Waals surface area contributed by atoms with Crippen molar-refractivity contribution in [1.82, 2.24) is 0 Å². The lowest BCUT2D eigenvalue weighted by molar-refractivity contribution is 0.00871. The number of nitrogen functional groups attached to an aromatic ring is 1. The number of hydrogen-bond donors (Lipinski definition) is 1. The highest BCUT2D eigenvalue weighted by atomic mass is 16.5. The number of rotatable bonds is 1. The minimum atomic E-state index is -0.276. The smallest absolute Gasteiger partial charge is 0.0645 e. The summed E-state index contributed by atoms with van der Waals surface area (Å²) in [6.07, 6.45) is 0. The Labute approximate surface area is 71.6 Å². The molecule has 2 N–H and O–H groups in total. The minimum absolute atomic E-state index is 0.00583. The van der Waals surface area contributed by atoms with E-state index in [-0.39, 0.29) is 35.8 Å². The summed E-state index contributed by atoms with van der Waals surface area (Å²) in [5.41, 5.74) is 6.34. The number of ether oxygens (including phenoxy) is 1. The largest absolute Gasteiger partial charge is 0.398 e. The number of para-hydroxylation sites is 1. The van der Waals surface area contributed by atoms with Gasteiger partial charge in [-0.25, -0.2) is 0 Å². The molecule has 0 saturated carbocycles. The average molecular weight is 153 g/mol. The van der Waals surface area contributed by atoms with Crippen molar-refractivity contribution in [3.05, 3.63) is 29.7 Å². The average Bonchev–Trinajstić information content (AvgIpc) is 2.15. The van der Waals surface area contributed by atoms with Gasteiger partial charge in [-0.15, -0.1) is 0 Å². The number of benzene rings is 1. The molecule has 58 valence electrons. The van der Waals surface area contributed by atoms with Gasteiger partial charge in [0.25, 0.3) is 0 Å². The van der Waals surface area contributed by atoms with Gasteiger partial charge in [0.1, 0.15) is 0 Å². The first-order chi connectivity index (χ1) is 7.04. The molecule has 0 aliphatic carbocycles. The van der Waals surface area contributed by atoms with Crippen LogP contribution in [0.5, 0.6) is 0 Å². The van der Waals surface area contributed by atoms with Gasteiger partial charge in [0.15, 0.2) is 0 Å². The Bertz CT molecular complexity index is 388. The summed E-state index contributed by atoms with van der Waals surface area (Å²) in [4.78, 5) is 0. The SMILES string of the molecule is [2H]c1c([2H])c([2H])c(C2COC2)c(N)c1[2H]. The summed E-state index contributed by atoms with van der Waals surface area (Å²) in [5, 5.41) is 0. The third-order valence-corrected chi connectivity index (χ3v) is 1.79. The van der Waals surface area contributed by atoms with Crippen molar-refractivity contribution in [3.8, 4) is 0 Å². The lowest BCUT2D eigenvalue weighted by atomic mass is 9.96. The van der Waals surface area contributed by atoms with Crippen LogP contribution < -0.4 is 5.73 Å². The van der Waals surface area contributed by atoms with Crippen LogP contribution in [0.1, 0.15) is 17.0 Å². The molecule has 1 saturated heterocycles. The predicted molar refractivity (Wildman–Crippen MR) is 44.4 cm³/mol. The zero-order chi connectivity index (χ0) is 11.2. The van der Waals surface area contributed by atoms with Crippen molar-refractivity contribution in [2.75, 3.05) is 18.9 Å². The van der Waals surface area contributed by atoms with Gasteiger partial charge in [-0.1, -0.05) is 18.1 Å². The molecule has 1 aliphatic rings. The Hall–Kier alpha value is -1.02. The molecule has 0 bridgehead atoms. The van der Waals surface area contributed by atoms with E-state index in [2.05, 4.69) is 0 Å². The van der Waals surface area contributed by atoms with Gasteiger partial charge in [-0.05, 0) is 11.6 Å². The van der Waals surface area contributed by atoms with E-state index in [1.807, 2.05) is 0 Å². The normalized spacial score (nSPS) is 22.9. The Morgan fingerprint density at radius 3 is 2.82 bits per heavy atom. The summed E-state index contributed by atoms with van der Waals surface area (Å²) in [7, 11) is 0. The van der Waals surface area contributed by atoms with Crippen LogP contribution in [0.2, 0.25) is 0 Å². The quantitative estimate of drug-likeness (QED) is 0.619. The molecular weight excluding hydrogens is 138 g/mol. The molecule has 0 aromatic heterocycles. The highest BCUT2D eigenvalue weighted by molar-refractivity contribution is 5.48. The summed E-state index contributed by atoms with van der Waals surface area (Å²) < 4.78 is 35.2. The molecule has 0 spiro atoms. The van der Waals surface area contributed by atoms with Gasteiger partial charge in [-0.3, -0.25) is 0 Å². The molecule has 0 atom stereocenters. The lowest BCUT2D eigenvalue weighted by Crippen LogP contribution is -2.25. The molecule has 2 rings (SSSR count). The topological polar surface area (TPSA) is 35.2 Å². The third-order valence-electron chi connectivity index (χ3n) is 1.79. The second kappa shape index (κ2) is 2.55. The van der Waals surface area contributed by atoms with Crippen LogP contribution in [-0.2, 0) is 4.74 Å². The van der Waals surface area contributed by atoms with Crippen molar-refractivity contribution >= 4 is 5.69 Å². The molecule has 0 radical (unpaired) electrons. The molecule has 11 heavy (non-hydrogen) atoms. The van der Waals surface area contributed by atoms with E-state index in [4.69, 9.17) is 16.0 Å². The van der Waals surface area contributed by atoms with Crippen LogP contribution in [0.4, 0.5) is 5.69 Å². The molecule has 1 aromatic rings. The Kier molecular flexibility index (Phi) is 0.831. The zero-order valence-electron chi connectivity index (χ0n) is 9.98. The van der Waals surface area contributed by atoms with Crippen molar-refractivity contribution in [1.29, 1.82) is 0 Å². The van der Waals surface area contributed by atoms with E-state index in [9.17, 15) is 0 Å². The van der Waals surface area contributed by atoms with E-state index >= 15 is 0 Å². The van der Waals surface area contributed by atoms with Crippen LogP contribution in [-0.4, -0.2) is 13.2 Å². The standard InChI is InChI=1S/C9H11NO/c10-9-4-2-1-3-8(9)7-5-11-6-7/h1-4,7H,5-6,10H2/i1D,2D,3D,4D. The monoisotopic (exact) mass is 153 g/mol. The fourth-order valence-electron chi connectivity index (χ4n) is 1.06. The van der Waals surface area contributed by atoms with Crippen LogP contribution in [0.25, 0.3) is 0 Å². The number of hydrogen-bond acceptors (Lipinski definition) is 2. The summed E-state index contributed by atoms with van der Waals surface area (Å²) in [6, 6.07) is -0.697. The van der Waals surface area contributed by atoms with Crippen LogP contribution >= 0.6 is 0 Å². The van der Waals surface area contributed by atoms with Crippen molar-refractivity contribution in [2.45, 2.75) is 5.92 Å². The molecule has 0 unspecified atom stereocenters. The van der Waals surface area contributed by atoms with E-state index in [1.165, 1.54) is 0 Å². The second-order valence-corrected chi connectivity index (χ2v) is 2.56. The molecular formula is C9H11NO. The fourth-order valence-corrected chi connectivity index (χ4v) is 1.06. The van der Waals surface area contributed by atoms with Gasteiger partial charge >= 0.3 is 0 Å². The van der Waals surface area contributed by atoms with Gasteiger partial charge in [0.05, 0.1) is 18.7 Å². The van der Waals surface area contributed by atoms with Gasteiger partial charge < -0.3 is 10.5 Å². The summed E-state index contributed by atoms with van der Waals surface area (Å²) in [6.45, 7) is 0.957. The zero-order valence-corrected chi connectivity index (χ0v) is 5.98. The van der Waals surface area contributed by atoms with Crippen molar-refractivity contribution < 1.29 is 10.2 Å². The molecule has 0 amide bonds. The van der Waals surface area contributed by atoms with Gasteiger partial charge in [0, 0.05) is 11.6 Å². The van der Waals surface area contributed by atoms with Crippen LogP contribution in [0, 0.1) is 0 Å². The first-order valence-electron chi connectivity index (χ1n) is 5.47. The predicted octanol–water partition coefficient (Wildman–Crippen LogP) is 1.38. The Morgan fingerprint density at radius 2 is 2.18 bits per heavy atom. The molecule has 2 nitrogen and oxygen atoms in total. The first kappa shape index (κ1) is 3.59. The Balaban J connectivity index is 2.62.